The molecule has 2 nitrogen and oxygen atoms in total. The number of halogens is 1. The van der Waals surface area contributed by atoms with E-state index in [-0.39, 0.29) is 6.04 Å². The summed E-state index contributed by atoms with van der Waals surface area (Å²) in [5.74, 6) is 0. The Morgan fingerprint density at radius 1 is 1.14 bits per heavy atom. The Kier molecular flexibility index (Phi) is 5.27. The van der Waals surface area contributed by atoms with Crippen LogP contribution in [-0.4, -0.2) is 13.1 Å². The Labute approximate surface area is 132 Å². The second-order valence-electron chi connectivity index (χ2n) is 5.38. The minimum absolute atomic E-state index is 0.161. The lowest BCUT2D eigenvalue weighted by molar-refractivity contribution is 0.640. The predicted octanol–water partition coefficient (Wildman–Crippen LogP) is 4.48. The Morgan fingerprint density at radius 3 is 2.48 bits per heavy atom. The molecule has 2 aromatic rings. The lowest BCUT2D eigenvalue weighted by atomic mass is 9.99. The van der Waals surface area contributed by atoms with E-state index in [0.29, 0.717) is 6.54 Å². The van der Waals surface area contributed by atoms with Crippen molar-refractivity contribution < 1.29 is 0 Å². The Hall–Kier alpha value is -1.51. The molecule has 112 valence electrons. The molecule has 0 saturated carbocycles. The first-order chi connectivity index (χ1) is 10.1. The van der Waals surface area contributed by atoms with Crippen molar-refractivity contribution in [1.29, 1.82) is 0 Å². The quantitative estimate of drug-likeness (QED) is 0.882. The van der Waals surface area contributed by atoms with Crippen LogP contribution >= 0.6 is 11.6 Å². The molecule has 0 radical (unpaired) electrons. The molecule has 0 saturated heterocycles. The molecule has 0 heterocycles. The van der Waals surface area contributed by atoms with Gasteiger partial charge in [-0.15, -0.1) is 0 Å². The fraction of sp³-hybridized carbons (Fsp3) is 0.333. The molecule has 0 bridgehead atoms. The molecule has 0 fully saturated rings. The van der Waals surface area contributed by atoms with Crippen molar-refractivity contribution in [2.75, 3.05) is 18.0 Å². The fourth-order valence-electron chi connectivity index (χ4n) is 2.82. The van der Waals surface area contributed by atoms with Gasteiger partial charge in [0, 0.05) is 23.8 Å². The van der Waals surface area contributed by atoms with Gasteiger partial charge in [0.2, 0.25) is 0 Å². The van der Waals surface area contributed by atoms with Crippen molar-refractivity contribution in [2.24, 2.45) is 5.73 Å². The van der Waals surface area contributed by atoms with Crippen LogP contribution in [0.5, 0.6) is 0 Å². The zero-order valence-electron chi connectivity index (χ0n) is 12.9. The highest BCUT2D eigenvalue weighted by Gasteiger charge is 2.20. The zero-order chi connectivity index (χ0) is 15.4. The van der Waals surface area contributed by atoms with Crippen LogP contribution in [0.15, 0.2) is 42.5 Å². The van der Waals surface area contributed by atoms with Crippen LogP contribution in [0.1, 0.15) is 29.7 Å². The average Bonchev–Trinajstić information content (AvgIpc) is 2.45. The summed E-state index contributed by atoms with van der Waals surface area (Å²) in [5, 5.41) is 0.769. The van der Waals surface area contributed by atoms with Crippen LogP contribution in [0, 0.1) is 13.8 Å². The second kappa shape index (κ2) is 6.97. The first-order valence-corrected chi connectivity index (χ1v) is 7.74. The summed E-state index contributed by atoms with van der Waals surface area (Å²) in [6, 6.07) is 14.8. The molecule has 1 atom stereocenters. The summed E-state index contributed by atoms with van der Waals surface area (Å²) < 4.78 is 0. The van der Waals surface area contributed by atoms with Crippen LogP contribution in [-0.2, 0) is 0 Å². The Balaban J connectivity index is 2.42. The maximum Gasteiger partial charge on any atom is 0.0667 e. The van der Waals surface area contributed by atoms with Gasteiger partial charge in [-0.3, -0.25) is 0 Å². The number of hydrogen-bond acceptors (Lipinski definition) is 2. The molecule has 3 heteroatoms. The molecule has 0 aromatic heterocycles. The number of aryl methyl sites for hydroxylation is 2. The third-order valence-electron chi connectivity index (χ3n) is 3.86. The zero-order valence-corrected chi connectivity index (χ0v) is 13.7. The molecule has 21 heavy (non-hydrogen) atoms. The highest BCUT2D eigenvalue weighted by atomic mass is 35.5. The lowest BCUT2D eigenvalue weighted by Crippen LogP contribution is -2.34. The number of anilines is 1. The van der Waals surface area contributed by atoms with Crippen LogP contribution in [0.4, 0.5) is 5.69 Å². The van der Waals surface area contributed by atoms with Crippen LogP contribution in [0.3, 0.4) is 0 Å². The third-order valence-corrected chi connectivity index (χ3v) is 4.10. The molecule has 0 aliphatic rings. The number of hydrogen-bond donors (Lipinski definition) is 1. The van der Waals surface area contributed by atoms with E-state index < -0.39 is 0 Å². The first kappa shape index (κ1) is 15.9. The number of nitrogens with two attached hydrogens (primary N) is 1. The molecule has 0 aliphatic carbocycles. The van der Waals surface area contributed by atoms with Crippen molar-refractivity contribution in [3.05, 3.63) is 64.2 Å². The number of nitrogens with zero attached hydrogens (tertiary/aromatic N) is 1. The Bertz CT molecular complexity index is 610. The molecular weight excluding hydrogens is 280 g/mol. The largest absolute Gasteiger partial charge is 0.363 e. The van der Waals surface area contributed by atoms with Gasteiger partial charge >= 0.3 is 0 Å². The summed E-state index contributed by atoms with van der Waals surface area (Å²) >= 11 is 6.07. The monoisotopic (exact) mass is 302 g/mol. The van der Waals surface area contributed by atoms with Gasteiger partial charge in [-0.1, -0.05) is 29.8 Å². The second-order valence-corrected chi connectivity index (χ2v) is 5.81. The van der Waals surface area contributed by atoms with E-state index in [2.05, 4.69) is 56.0 Å². The standard InChI is InChI=1S/C18H23ClN2/c1-4-21(16-7-5-6-13(2)10-16)18(12-20)17-9-8-15(19)11-14(17)3/h5-11,18H,4,12,20H2,1-3H3. The highest BCUT2D eigenvalue weighted by molar-refractivity contribution is 6.30. The van der Waals surface area contributed by atoms with Gasteiger partial charge in [0.25, 0.3) is 0 Å². The SMILES string of the molecule is CCN(c1cccc(C)c1)C(CN)c1ccc(Cl)cc1C. The van der Waals surface area contributed by atoms with E-state index in [1.165, 1.54) is 22.4 Å². The molecule has 0 spiro atoms. The molecule has 0 amide bonds. The first-order valence-electron chi connectivity index (χ1n) is 7.36. The van der Waals surface area contributed by atoms with Crippen LogP contribution < -0.4 is 10.6 Å². The summed E-state index contributed by atoms with van der Waals surface area (Å²) in [6.07, 6.45) is 0. The molecular formula is C18H23ClN2. The van der Waals surface area contributed by atoms with Gasteiger partial charge in [0.1, 0.15) is 0 Å². The normalized spacial score (nSPS) is 12.2. The van der Waals surface area contributed by atoms with Crippen LogP contribution in [0.2, 0.25) is 5.02 Å². The number of rotatable bonds is 5. The Morgan fingerprint density at radius 2 is 1.90 bits per heavy atom. The predicted molar refractivity (Wildman–Crippen MR) is 92.2 cm³/mol. The highest BCUT2D eigenvalue weighted by Crippen LogP contribution is 2.30. The minimum Gasteiger partial charge on any atom is -0.363 e. The van der Waals surface area contributed by atoms with Crippen molar-refractivity contribution in [1.82, 2.24) is 0 Å². The van der Waals surface area contributed by atoms with Gasteiger partial charge < -0.3 is 10.6 Å². The van der Waals surface area contributed by atoms with E-state index in [0.717, 1.165) is 11.6 Å². The van der Waals surface area contributed by atoms with E-state index in [1.807, 2.05) is 12.1 Å². The maximum atomic E-state index is 6.09. The van der Waals surface area contributed by atoms with Gasteiger partial charge in [-0.2, -0.15) is 0 Å². The van der Waals surface area contributed by atoms with Crippen molar-refractivity contribution in [2.45, 2.75) is 26.8 Å². The smallest absolute Gasteiger partial charge is 0.0667 e. The van der Waals surface area contributed by atoms with E-state index in [4.69, 9.17) is 17.3 Å². The summed E-state index contributed by atoms with van der Waals surface area (Å²) in [4.78, 5) is 2.35. The van der Waals surface area contributed by atoms with E-state index in [9.17, 15) is 0 Å². The fourth-order valence-corrected chi connectivity index (χ4v) is 3.05. The molecule has 2 N–H and O–H groups in total. The topological polar surface area (TPSA) is 29.3 Å². The van der Waals surface area contributed by atoms with E-state index in [1.54, 1.807) is 0 Å². The van der Waals surface area contributed by atoms with Crippen LogP contribution in [0.25, 0.3) is 0 Å². The van der Waals surface area contributed by atoms with Gasteiger partial charge in [0.15, 0.2) is 0 Å². The molecule has 1 unspecified atom stereocenters. The maximum absolute atomic E-state index is 6.09. The molecule has 0 aliphatic heterocycles. The molecule has 2 rings (SSSR count). The van der Waals surface area contributed by atoms with Crippen molar-refractivity contribution in [3.8, 4) is 0 Å². The number of benzene rings is 2. The van der Waals surface area contributed by atoms with Crippen molar-refractivity contribution >= 4 is 17.3 Å². The summed E-state index contributed by atoms with van der Waals surface area (Å²) in [5.41, 5.74) is 11.0. The minimum atomic E-state index is 0.161. The lowest BCUT2D eigenvalue weighted by Gasteiger charge is -2.33. The van der Waals surface area contributed by atoms with Gasteiger partial charge in [-0.25, -0.2) is 0 Å². The number of likely N-dealkylation sites (N-methyl/N-ethyl adjacent to an activating group) is 1. The van der Waals surface area contributed by atoms with Gasteiger partial charge in [0.05, 0.1) is 6.04 Å². The third kappa shape index (κ3) is 3.58. The van der Waals surface area contributed by atoms with E-state index >= 15 is 0 Å². The van der Waals surface area contributed by atoms with Gasteiger partial charge in [-0.05, 0) is 61.7 Å². The summed E-state index contributed by atoms with van der Waals surface area (Å²) in [7, 11) is 0. The average molecular weight is 303 g/mol. The molecule has 2 aromatic carbocycles. The summed E-state index contributed by atoms with van der Waals surface area (Å²) in [6.45, 7) is 7.85. The van der Waals surface area contributed by atoms with Crippen molar-refractivity contribution in [3.63, 3.8) is 0 Å².